The summed E-state index contributed by atoms with van der Waals surface area (Å²) in [6.07, 6.45) is 3.88. The molecule has 0 fully saturated rings. The average molecular weight is 279 g/mol. The van der Waals surface area contributed by atoms with Gasteiger partial charge in [0.1, 0.15) is 0 Å². The second-order valence-electron chi connectivity index (χ2n) is 4.70. The van der Waals surface area contributed by atoms with Crippen LogP contribution < -0.4 is 5.32 Å². The first-order chi connectivity index (χ1) is 8.79. The highest BCUT2D eigenvalue weighted by Gasteiger charge is 2.05. The van der Waals surface area contributed by atoms with Crippen molar-refractivity contribution in [2.45, 2.75) is 45.7 Å². The second kappa shape index (κ2) is 7.07. The molecule has 2 rings (SSSR count). The molecule has 0 spiro atoms. The van der Waals surface area contributed by atoms with Crippen LogP contribution in [0.3, 0.4) is 0 Å². The van der Waals surface area contributed by atoms with E-state index in [1.165, 1.54) is 34.6 Å². The lowest BCUT2D eigenvalue weighted by atomic mass is 10.1. The summed E-state index contributed by atoms with van der Waals surface area (Å²) in [5, 5.41) is 8.01. The molecule has 2 heterocycles. The first-order valence-corrected chi connectivity index (χ1v) is 8.40. The number of unbranched alkanes of at least 4 members (excludes halogenated alkanes) is 1. The van der Waals surface area contributed by atoms with Crippen molar-refractivity contribution in [3.63, 3.8) is 0 Å². The molecule has 0 radical (unpaired) electrons. The smallest absolute Gasteiger partial charge is 0.0351 e. The molecule has 0 bridgehead atoms. The highest BCUT2D eigenvalue weighted by atomic mass is 32.1. The largest absolute Gasteiger partial charge is 0.309 e. The van der Waals surface area contributed by atoms with Gasteiger partial charge in [0.05, 0.1) is 0 Å². The predicted molar refractivity (Wildman–Crippen MR) is 83.5 cm³/mol. The zero-order valence-corrected chi connectivity index (χ0v) is 12.7. The fourth-order valence-corrected chi connectivity index (χ4v) is 3.56. The fraction of sp³-hybridized carbons (Fsp3) is 0.467. The standard InChI is InChI=1S/C15H21NS2/c1-3-4-6-12(2)16-10-14-9-13(11-18-14)15-7-5-8-17-15/h5,7-9,11-12,16H,3-4,6,10H2,1-2H3. The lowest BCUT2D eigenvalue weighted by Crippen LogP contribution is -2.24. The van der Waals surface area contributed by atoms with E-state index in [2.05, 4.69) is 48.1 Å². The molecule has 0 aliphatic heterocycles. The number of hydrogen-bond donors (Lipinski definition) is 1. The van der Waals surface area contributed by atoms with Crippen molar-refractivity contribution in [2.24, 2.45) is 0 Å². The van der Waals surface area contributed by atoms with Gasteiger partial charge in [-0.2, -0.15) is 0 Å². The van der Waals surface area contributed by atoms with Crippen LogP contribution in [0, 0.1) is 0 Å². The molecule has 1 nitrogen and oxygen atoms in total. The van der Waals surface area contributed by atoms with Gasteiger partial charge in [-0.25, -0.2) is 0 Å². The normalized spacial score (nSPS) is 12.8. The monoisotopic (exact) mass is 279 g/mol. The topological polar surface area (TPSA) is 12.0 Å². The van der Waals surface area contributed by atoms with E-state index in [1.54, 1.807) is 0 Å². The number of rotatable bonds is 7. The van der Waals surface area contributed by atoms with Crippen LogP contribution in [0.4, 0.5) is 0 Å². The number of thiophene rings is 2. The van der Waals surface area contributed by atoms with Crippen LogP contribution in [0.5, 0.6) is 0 Å². The van der Waals surface area contributed by atoms with E-state index in [4.69, 9.17) is 0 Å². The molecule has 2 aromatic heterocycles. The first kappa shape index (κ1) is 13.8. The van der Waals surface area contributed by atoms with Crippen molar-refractivity contribution >= 4 is 22.7 Å². The summed E-state index contributed by atoms with van der Waals surface area (Å²) in [5.74, 6) is 0. The molecule has 0 saturated carbocycles. The van der Waals surface area contributed by atoms with Crippen LogP contribution >= 0.6 is 22.7 Å². The summed E-state index contributed by atoms with van der Waals surface area (Å²) >= 11 is 3.67. The van der Waals surface area contributed by atoms with E-state index in [0.29, 0.717) is 6.04 Å². The Bertz CT molecular complexity index is 445. The minimum atomic E-state index is 0.622. The molecule has 98 valence electrons. The van der Waals surface area contributed by atoms with Crippen LogP contribution in [0.25, 0.3) is 10.4 Å². The van der Waals surface area contributed by atoms with Crippen molar-refractivity contribution in [3.8, 4) is 10.4 Å². The lowest BCUT2D eigenvalue weighted by molar-refractivity contribution is 0.497. The summed E-state index contributed by atoms with van der Waals surface area (Å²) < 4.78 is 0. The molecule has 0 aliphatic rings. The van der Waals surface area contributed by atoms with Crippen molar-refractivity contribution in [2.75, 3.05) is 0 Å². The van der Waals surface area contributed by atoms with E-state index >= 15 is 0 Å². The first-order valence-electron chi connectivity index (χ1n) is 6.64. The van der Waals surface area contributed by atoms with Gasteiger partial charge in [0.25, 0.3) is 0 Å². The van der Waals surface area contributed by atoms with Gasteiger partial charge in [-0.05, 0) is 36.2 Å². The Morgan fingerprint density at radius 1 is 1.33 bits per heavy atom. The summed E-state index contributed by atoms with van der Waals surface area (Å²) in [4.78, 5) is 2.80. The van der Waals surface area contributed by atoms with Gasteiger partial charge >= 0.3 is 0 Å². The fourth-order valence-electron chi connectivity index (χ4n) is 1.93. The van der Waals surface area contributed by atoms with Gasteiger partial charge in [0.15, 0.2) is 0 Å². The van der Waals surface area contributed by atoms with Crippen molar-refractivity contribution in [3.05, 3.63) is 33.8 Å². The molecule has 2 aromatic rings. The summed E-state index contributed by atoms with van der Waals surface area (Å²) in [5.41, 5.74) is 1.37. The van der Waals surface area contributed by atoms with Crippen molar-refractivity contribution < 1.29 is 0 Å². The summed E-state index contributed by atoms with van der Waals surface area (Å²) in [7, 11) is 0. The average Bonchev–Trinajstić information content (AvgIpc) is 3.03. The Hall–Kier alpha value is -0.640. The molecular formula is C15H21NS2. The molecule has 1 unspecified atom stereocenters. The molecular weight excluding hydrogens is 258 g/mol. The zero-order chi connectivity index (χ0) is 12.8. The quantitative estimate of drug-likeness (QED) is 0.739. The van der Waals surface area contributed by atoms with Crippen LogP contribution in [0.15, 0.2) is 29.0 Å². The zero-order valence-electron chi connectivity index (χ0n) is 11.1. The van der Waals surface area contributed by atoms with Gasteiger partial charge in [0.2, 0.25) is 0 Å². The Morgan fingerprint density at radius 3 is 2.94 bits per heavy atom. The van der Waals surface area contributed by atoms with Gasteiger partial charge in [-0.1, -0.05) is 25.8 Å². The minimum absolute atomic E-state index is 0.622. The number of hydrogen-bond acceptors (Lipinski definition) is 3. The van der Waals surface area contributed by atoms with Gasteiger partial charge in [-0.15, -0.1) is 22.7 Å². The molecule has 0 amide bonds. The molecule has 0 aromatic carbocycles. The maximum Gasteiger partial charge on any atom is 0.0351 e. The summed E-state index contributed by atoms with van der Waals surface area (Å²) in [6, 6.07) is 7.24. The van der Waals surface area contributed by atoms with Gasteiger partial charge in [0, 0.05) is 27.9 Å². The van der Waals surface area contributed by atoms with E-state index in [0.717, 1.165) is 6.54 Å². The second-order valence-corrected chi connectivity index (χ2v) is 6.65. The highest BCUT2D eigenvalue weighted by molar-refractivity contribution is 7.14. The maximum absolute atomic E-state index is 3.61. The Labute approximate surface area is 118 Å². The third kappa shape index (κ3) is 3.94. The lowest BCUT2D eigenvalue weighted by Gasteiger charge is -2.11. The molecule has 0 aliphatic carbocycles. The molecule has 3 heteroatoms. The van der Waals surface area contributed by atoms with Crippen molar-refractivity contribution in [1.82, 2.24) is 5.32 Å². The van der Waals surface area contributed by atoms with Gasteiger partial charge < -0.3 is 5.32 Å². The molecule has 1 N–H and O–H groups in total. The van der Waals surface area contributed by atoms with Crippen LogP contribution in [-0.4, -0.2) is 6.04 Å². The van der Waals surface area contributed by atoms with E-state index in [9.17, 15) is 0 Å². The molecule has 0 saturated heterocycles. The van der Waals surface area contributed by atoms with Crippen LogP contribution in [-0.2, 0) is 6.54 Å². The number of nitrogens with one attached hydrogen (secondary N) is 1. The Morgan fingerprint density at radius 2 is 2.22 bits per heavy atom. The Balaban J connectivity index is 1.84. The highest BCUT2D eigenvalue weighted by Crippen LogP contribution is 2.29. The molecule has 1 atom stereocenters. The minimum Gasteiger partial charge on any atom is -0.309 e. The van der Waals surface area contributed by atoms with E-state index in [1.807, 2.05) is 22.7 Å². The summed E-state index contributed by atoms with van der Waals surface area (Å²) in [6.45, 7) is 5.53. The van der Waals surface area contributed by atoms with Crippen LogP contribution in [0.2, 0.25) is 0 Å². The third-order valence-electron chi connectivity index (χ3n) is 3.07. The predicted octanol–water partition coefficient (Wildman–Crippen LogP) is 5.14. The Kier molecular flexibility index (Phi) is 5.42. The van der Waals surface area contributed by atoms with Gasteiger partial charge in [-0.3, -0.25) is 0 Å². The van der Waals surface area contributed by atoms with Crippen LogP contribution in [0.1, 0.15) is 38.0 Å². The van der Waals surface area contributed by atoms with E-state index in [-0.39, 0.29) is 0 Å². The molecule has 18 heavy (non-hydrogen) atoms. The SMILES string of the molecule is CCCCC(C)NCc1cc(-c2cccs2)cs1. The third-order valence-corrected chi connectivity index (χ3v) is 4.93. The maximum atomic E-state index is 3.61. The van der Waals surface area contributed by atoms with E-state index < -0.39 is 0 Å². The van der Waals surface area contributed by atoms with Crippen molar-refractivity contribution in [1.29, 1.82) is 0 Å².